The lowest BCUT2D eigenvalue weighted by molar-refractivity contribution is 0.399. The molecular formula is C10H34N2O2Si2. The van der Waals surface area contributed by atoms with Gasteiger partial charge < -0.3 is 19.4 Å². The third-order valence-electron chi connectivity index (χ3n) is 1.50. The first kappa shape index (κ1) is 25.2. The fourth-order valence-electron chi connectivity index (χ4n) is 0. The van der Waals surface area contributed by atoms with Crippen LogP contribution in [0.3, 0.4) is 0 Å². The van der Waals surface area contributed by atoms with Crippen molar-refractivity contribution in [2.75, 3.05) is 42.4 Å². The summed E-state index contributed by atoms with van der Waals surface area (Å²) in [5, 5.41) is 9.75. The fourth-order valence-corrected chi connectivity index (χ4v) is 0. The second-order valence-electron chi connectivity index (χ2n) is 3.84. The maximum absolute atomic E-state index is 7.00. The van der Waals surface area contributed by atoms with Gasteiger partial charge in [0, 0.05) is 14.2 Å². The number of hydrogen-bond donors (Lipinski definition) is 2. The van der Waals surface area contributed by atoms with Gasteiger partial charge in [0.1, 0.15) is 8.96 Å². The van der Waals surface area contributed by atoms with Crippen LogP contribution in [0.2, 0.25) is 26.2 Å². The van der Waals surface area contributed by atoms with Gasteiger partial charge in [-0.1, -0.05) is 13.1 Å². The lowest BCUT2D eigenvalue weighted by atomic mass is 11.3. The second kappa shape index (κ2) is 24.5. The third kappa shape index (κ3) is 63.9. The van der Waals surface area contributed by atoms with Gasteiger partial charge in [-0.25, -0.2) is 0 Å². The minimum atomic E-state index is -0.650. The highest BCUT2D eigenvalue weighted by Crippen LogP contribution is 1.79. The summed E-state index contributed by atoms with van der Waals surface area (Å²) in [4.78, 5) is 0. The number of aliphatic hydroxyl groups excluding tert-OH is 1. The van der Waals surface area contributed by atoms with Crippen LogP contribution < -0.4 is 5.32 Å². The van der Waals surface area contributed by atoms with Gasteiger partial charge in [0.25, 0.3) is 0 Å². The van der Waals surface area contributed by atoms with Crippen LogP contribution in [0.4, 0.5) is 0 Å². The number of rotatable bonds is 2. The van der Waals surface area contributed by atoms with E-state index in [0.717, 1.165) is 7.11 Å². The molecule has 0 spiro atoms. The van der Waals surface area contributed by atoms with E-state index in [0.29, 0.717) is 0 Å². The van der Waals surface area contributed by atoms with E-state index in [1.54, 1.807) is 7.11 Å². The summed E-state index contributed by atoms with van der Waals surface area (Å²) in [6.45, 7) is 8.89. The zero-order chi connectivity index (χ0) is 14.1. The van der Waals surface area contributed by atoms with Crippen molar-refractivity contribution in [3.63, 3.8) is 0 Å². The van der Waals surface area contributed by atoms with Crippen LogP contribution in [0.1, 0.15) is 0 Å². The van der Waals surface area contributed by atoms with E-state index in [9.17, 15) is 0 Å². The fraction of sp³-hybridized carbons (Fsp3) is 1.00. The Morgan fingerprint density at radius 3 is 1.12 bits per heavy atom. The predicted octanol–water partition coefficient (Wildman–Crippen LogP) is 0.592. The first-order chi connectivity index (χ1) is 7.33. The van der Waals surface area contributed by atoms with Gasteiger partial charge in [-0.3, -0.25) is 0 Å². The van der Waals surface area contributed by atoms with E-state index in [2.05, 4.69) is 50.2 Å². The quantitative estimate of drug-likeness (QED) is 0.721. The summed E-state index contributed by atoms with van der Waals surface area (Å²) in [6, 6.07) is 0. The maximum Gasteiger partial charge on any atom is 0.170 e. The molecule has 0 fully saturated rings. The molecule has 2 N–H and O–H groups in total. The van der Waals surface area contributed by atoms with E-state index in [1.165, 1.54) is 0 Å². The van der Waals surface area contributed by atoms with E-state index >= 15 is 0 Å². The molecule has 0 unspecified atom stereocenters. The van der Waals surface area contributed by atoms with Crippen LogP contribution in [-0.4, -0.2) is 70.1 Å². The monoisotopic (exact) mass is 270 g/mol. The molecule has 0 saturated heterocycles. The Hall–Kier alpha value is 0.274. The first-order valence-corrected chi connectivity index (χ1v) is 11.2. The van der Waals surface area contributed by atoms with Gasteiger partial charge in [0.15, 0.2) is 9.04 Å². The highest BCUT2D eigenvalue weighted by atomic mass is 28.3. The van der Waals surface area contributed by atoms with Crippen LogP contribution in [0.15, 0.2) is 0 Å². The number of nitrogens with zero attached hydrogens (tertiary/aromatic N) is 1. The van der Waals surface area contributed by atoms with Crippen molar-refractivity contribution in [2.45, 2.75) is 26.2 Å². The Morgan fingerprint density at radius 1 is 1.00 bits per heavy atom. The molecule has 0 bridgehead atoms. The van der Waals surface area contributed by atoms with Gasteiger partial charge in [-0.05, 0) is 41.3 Å². The van der Waals surface area contributed by atoms with Crippen molar-refractivity contribution in [1.29, 1.82) is 0 Å². The summed E-state index contributed by atoms with van der Waals surface area (Å²) < 4.78 is 7.19. The summed E-state index contributed by atoms with van der Waals surface area (Å²) in [6.07, 6.45) is 0. The SMILES string of the molecule is CN(C)[SiH](C)C.CNC.CO.CO[SiH](C)C. The topological polar surface area (TPSA) is 44.7 Å². The molecular weight excluding hydrogens is 236 g/mol. The zero-order valence-electron chi connectivity index (χ0n) is 13.0. The van der Waals surface area contributed by atoms with E-state index in [4.69, 9.17) is 9.53 Å². The Bertz CT molecular complexity index is 88.9. The smallest absolute Gasteiger partial charge is 0.170 e. The van der Waals surface area contributed by atoms with Crippen molar-refractivity contribution in [3.05, 3.63) is 0 Å². The second-order valence-corrected chi connectivity index (χ2v) is 9.63. The average Bonchev–Trinajstić information content (AvgIpc) is 2.22. The molecule has 0 aromatic rings. The average molecular weight is 271 g/mol. The molecule has 0 aliphatic heterocycles. The third-order valence-corrected chi connectivity index (χ3v) is 4.51. The molecule has 0 saturated carbocycles. The van der Waals surface area contributed by atoms with Crippen LogP contribution in [0.25, 0.3) is 0 Å². The first-order valence-electron chi connectivity index (χ1n) is 5.55. The standard InChI is InChI=1S/C4H13NSi.C3H10OSi.C2H7N.CH4O/c1-5(2)6(3)4;1-4-5(2)3;1-3-2;1-2/h6H,1-4H3;5H,1-3H3;3H,1-2H3;2H,1H3. The van der Waals surface area contributed by atoms with Gasteiger partial charge in [-0.2, -0.15) is 0 Å². The van der Waals surface area contributed by atoms with Crippen molar-refractivity contribution >= 4 is 18.0 Å². The molecule has 6 heteroatoms. The Balaban J connectivity index is -0.0000000653. The van der Waals surface area contributed by atoms with Crippen molar-refractivity contribution in [3.8, 4) is 0 Å². The highest BCUT2D eigenvalue weighted by Gasteiger charge is 1.93. The van der Waals surface area contributed by atoms with E-state index in [-0.39, 0.29) is 0 Å². The Morgan fingerprint density at radius 2 is 1.12 bits per heavy atom. The minimum absolute atomic E-state index is 0.410. The molecule has 0 radical (unpaired) electrons. The van der Waals surface area contributed by atoms with Crippen LogP contribution in [-0.2, 0) is 4.43 Å². The van der Waals surface area contributed by atoms with Crippen molar-refractivity contribution in [1.82, 2.24) is 9.88 Å². The highest BCUT2D eigenvalue weighted by molar-refractivity contribution is 6.52. The predicted molar refractivity (Wildman–Crippen MR) is 81.6 cm³/mol. The molecule has 0 amide bonds. The summed E-state index contributed by atoms with van der Waals surface area (Å²) >= 11 is 0. The Kier molecular flexibility index (Phi) is 38.6. The van der Waals surface area contributed by atoms with E-state index in [1.807, 2.05) is 14.1 Å². The van der Waals surface area contributed by atoms with Crippen molar-refractivity contribution in [2.24, 2.45) is 0 Å². The van der Waals surface area contributed by atoms with Crippen LogP contribution >= 0.6 is 0 Å². The van der Waals surface area contributed by atoms with Gasteiger partial charge in [0.05, 0.1) is 0 Å². The molecule has 0 atom stereocenters. The number of nitrogens with one attached hydrogen (secondary N) is 1. The maximum atomic E-state index is 7.00. The lowest BCUT2D eigenvalue weighted by Crippen LogP contribution is -2.25. The molecule has 0 heterocycles. The molecule has 0 aliphatic carbocycles. The lowest BCUT2D eigenvalue weighted by Gasteiger charge is -2.10. The summed E-state index contributed by atoms with van der Waals surface area (Å²) in [5.41, 5.74) is 0. The van der Waals surface area contributed by atoms with Gasteiger partial charge in [0.2, 0.25) is 0 Å². The zero-order valence-corrected chi connectivity index (χ0v) is 15.3. The van der Waals surface area contributed by atoms with Gasteiger partial charge in [-0.15, -0.1) is 0 Å². The molecule has 4 nitrogen and oxygen atoms in total. The number of aliphatic hydroxyl groups is 1. The van der Waals surface area contributed by atoms with Crippen LogP contribution in [0, 0.1) is 0 Å². The number of hydrogen-bond acceptors (Lipinski definition) is 4. The Labute approximate surface area is 106 Å². The van der Waals surface area contributed by atoms with E-state index < -0.39 is 18.0 Å². The molecule has 0 aromatic heterocycles. The molecule has 16 heavy (non-hydrogen) atoms. The largest absolute Gasteiger partial charge is 0.424 e. The molecule has 0 aromatic carbocycles. The summed E-state index contributed by atoms with van der Waals surface area (Å²) in [7, 11) is 9.72. The molecule has 0 rings (SSSR count). The van der Waals surface area contributed by atoms with Crippen molar-refractivity contribution < 1.29 is 9.53 Å². The van der Waals surface area contributed by atoms with Gasteiger partial charge >= 0.3 is 0 Å². The molecule has 104 valence electrons. The molecule has 0 aliphatic rings. The normalized spacial score (nSPS) is 8.62. The minimum Gasteiger partial charge on any atom is -0.424 e. The summed E-state index contributed by atoms with van der Waals surface area (Å²) in [5.74, 6) is 0. The van der Waals surface area contributed by atoms with Crippen LogP contribution in [0.5, 0.6) is 0 Å².